The highest BCUT2D eigenvalue weighted by atomic mass is 19.4. The van der Waals surface area contributed by atoms with Crippen LogP contribution in [-0.4, -0.2) is 54.5 Å². The van der Waals surface area contributed by atoms with E-state index in [1.54, 1.807) is 12.0 Å². The molecule has 1 aliphatic rings. The molecular weight excluding hydrogens is 377 g/mol. The summed E-state index contributed by atoms with van der Waals surface area (Å²) >= 11 is 0. The number of nitrogens with one attached hydrogen (secondary N) is 1. The number of carbonyl (C=O) groups is 1. The molecule has 1 unspecified atom stereocenters. The lowest BCUT2D eigenvalue weighted by atomic mass is 9.98. The minimum absolute atomic E-state index is 0.113. The molecule has 1 aliphatic heterocycles. The summed E-state index contributed by atoms with van der Waals surface area (Å²) in [7, 11) is 1.56. The molecule has 0 spiro atoms. The predicted molar refractivity (Wildman–Crippen MR) is 93.6 cm³/mol. The molecule has 2 aromatic rings. The molecule has 0 bridgehead atoms. The molecule has 1 saturated heterocycles. The van der Waals surface area contributed by atoms with Crippen LogP contribution in [0.1, 0.15) is 30.2 Å². The molecule has 3 rings (SSSR count). The number of methoxy groups -OCH3 is 1. The summed E-state index contributed by atoms with van der Waals surface area (Å²) in [6.45, 7) is 1.93. The van der Waals surface area contributed by atoms with Gasteiger partial charge in [-0.25, -0.2) is 4.79 Å². The van der Waals surface area contributed by atoms with Crippen LogP contribution in [-0.2, 0) is 10.9 Å². The Bertz CT molecular complexity index is 792. The van der Waals surface area contributed by atoms with Gasteiger partial charge in [0.05, 0.1) is 18.1 Å². The quantitative estimate of drug-likeness (QED) is 0.782. The number of urea groups is 1. The zero-order valence-corrected chi connectivity index (χ0v) is 15.3. The van der Waals surface area contributed by atoms with Gasteiger partial charge in [-0.1, -0.05) is 0 Å². The lowest BCUT2D eigenvalue weighted by molar-refractivity contribution is -0.137. The number of halogens is 3. The van der Waals surface area contributed by atoms with Gasteiger partial charge < -0.3 is 19.4 Å². The number of carbonyl (C=O) groups excluding carboxylic acids is 1. The van der Waals surface area contributed by atoms with Gasteiger partial charge in [-0.15, -0.1) is 10.2 Å². The SMILES string of the molecule is COCCNC(=O)N1CCCC(c2nnc(-c3ccc(C(F)(F)F)cc3)o2)C1. The van der Waals surface area contributed by atoms with Crippen molar-refractivity contribution in [1.29, 1.82) is 0 Å². The molecular formula is C18H21F3N4O3. The van der Waals surface area contributed by atoms with Gasteiger partial charge in [-0.3, -0.25) is 0 Å². The number of nitrogens with zero attached hydrogens (tertiary/aromatic N) is 3. The van der Waals surface area contributed by atoms with E-state index in [9.17, 15) is 18.0 Å². The summed E-state index contributed by atoms with van der Waals surface area (Å²) in [4.78, 5) is 13.9. The van der Waals surface area contributed by atoms with Crippen LogP contribution < -0.4 is 5.32 Å². The molecule has 1 N–H and O–H groups in total. The number of benzene rings is 1. The number of alkyl halides is 3. The zero-order chi connectivity index (χ0) is 20.1. The topological polar surface area (TPSA) is 80.5 Å². The molecule has 7 nitrogen and oxygen atoms in total. The lowest BCUT2D eigenvalue weighted by Gasteiger charge is -2.31. The Kier molecular flexibility index (Phi) is 6.18. The third-order valence-corrected chi connectivity index (χ3v) is 4.54. The standard InChI is InChI=1S/C18H21F3N4O3/c1-27-10-8-22-17(26)25-9-2-3-13(11-25)16-24-23-15(28-16)12-4-6-14(7-5-12)18(19,20)21/h4-7,13H,2-3,8-11H2,1H3,(H,22,26). The van der Waals surface area contributed by atoms with Crippen molar-refractivity contribution in [3.8, 4) is 11.5 Å². The molecule has 0 saturated carbocycles. The van der Waals surface area contributed by atoms with E-state index in [4.69, 9.17) is 9.15 Å². The van der Waals surface area contributed by atoms with E-state index in [1.165, 1.54) is 12.1 Å². The Balaban J connectivity index is 1.65. The molecule has 0 aliphatic carbocycles. The highest BCUT2D eigenvalue weighted by Gasteiger charge is 2.31. The number of aromatic nitrogens is 2. The van der Waals surface area contributed by atoms with Crippen LogP contribution in [0.3, 0.4) is 0 Å². The molecule has 1 fully saturated rings. The summed E-state index contributed by atoms with van der Waals surface area (Å²) in [5.74, 6) is 0.423. The van der Waals surface area contributed by atoms with Crippen molar-refractivity contribution in [1.82, 2.24) is 20.4 Å². The van der Waals surface area contributed by atoms with Gasteiger partial charge >= 0.3 is 12.2 Å². The molecule has 2 amide bonds. The molecule has 152 valence electrons. The van der Waals surface area contributed by atoms with E-state index in [0.29, 0.717) is 37.7 Å². The van der Waals surface area contributed by atoms with Crippen molar-refractivity contribution in [2.24, 2.45) is 0 Å². The molecule has 0 radical (unpaired) electrons. The van der Waals surface area contributed by atoms with Gasteiger partial charge in [0.2, 0.25) is 11.8 Å². The maximum atomic E-state index is 12.7. The van der Waals surface area contributed by atoms with E-state index in [-0.39, 0.29) is 17.8 Å². The van der Waals surface area contributed by atoms with Crippen LogP contribution >= 0.6 is 0 Å². The number of amides is 2. The van der Waals surface area contributed by atoms with Gasteiger partial charge in [0.1, 0.15) is 0 Å². The molecule has 10 heteroatoms. The maximum absolute atomic E-state index is 12.7. The van der Waals surface area contributed by atoms with Crippen molar-refractivity contribution in [2.75, 3.05) is 33.4 Å². The van der Waals surface area contributed by atoms with Gasteiger partial charge in [0, 0.05) is 32.3 Å². The Labute approximate surface area is 159 Å². The number of hydrogen-bond donors (Lipinski definition) is 1. The minimum Gasteiger partial charge on any atom is -0.420 e. The van der Waals surface area contributed by atoms with E-state index in [1.807, 2.05) is 0 Å². The minimum atomic E-state index is -4.39. The first-order valence-electron chi connectivity index (χ1n) is 8.91. The van der Waals surface area contributed by atoms with E-state index < -0.39 is 11.7 Å². The third kappa shape index (κ3) is 4.80. The van der Waals surface area contributed by atoms with Crippen molar-refractivity contribution >= 4 is 6.03 Å². The number of hydrogen-bond acceptors (Lipinski definition) is 5. The maximum Gasteiger partial charge on any atom is 0.416 e. The van der Waals surface area contributed by atoms with Crippen LogP contribution in [0.2, 0.25) is 0 Å². The lowest BCUT2D eigenvalue weighted by Crippen LogP contribution is -2.45. The number of piperidine rings is 1. The summed E-state index contributed by atoms with van der Waals surface area (Å²) < 4.78 is 48.6. The van der Waals surface area contributed by atoms with Gasteiger partial charge in [0.25, 0.3) is 0 Å². The Morgan fingerprint density at radius 1 is 1.32 bits per heavy atom. The second-order valence-electron chi connectivity index (χ2n) is 6.53. The number of rotatable bonds is 5. The van der Waals surface area contributed by atoms with E-state index in [2.05, 4.69) is 15.5 Å². The normalized spacial score (nSPS) is 17.6. The first-order valence-corrected chi connectivity index (χ1v) is 8.91. The number of likely N-dealkylation sites (tertiary alicyclic amines) is 1. The van der Waals surface area contributed by atoms with Gasteiger partial charge in [-0.2, -0.15) is 13.2 Å². The molecule has 2 heterocycles. The van der Waals surface area contributed by atoms with Crippen molar-refractivity contribution in [3.63, 3.8) is 0 Å². The Morgan fingerprint density at radius 2 is 2.07 bits per heavy atom. The monoisotopic (exact) mass is 398 g/mol. The molecule has 28 heavy (non-hydrogen) atoms. The van der Waals surface area contributed by atoms with E-state index in [0.717, 1.165) is 25.0 Å². The third-order valence-electron chi connectivity index (χ3n) is 4.54. The summed E-state index contributed by atoms with van der Waals surface area (Å²) in [6, 6.07) is 4.38. The molecule has 1 atom stereocenters. The van der Waals surface area contributed by atoms with E-state index >= 15 is 0 Å². The smallest absolute Gasteiger partial charge is 0.416 e. The van der Waals surface area contributed by atoms with Crippen LogP contribution in [0.15, 0.2) is 28.7 Å². The van der Waals surface area contributed by atoms with Crippen LogP contribution in [0.5, 0.6) is 0 Å². The highest BCUT2D eigenvalue weighted by molar-refractivity contribution is 5.74. The number of ether oxygens (including phenoxy) is 1. The van der Waals surface area contributed by atoms with Crippen LogP contribution in [0.25, 0.3) is 11.5 Å². The Hall–Kier alpha value is -2.62. The highest BCUT2D eigenvalue weighted by Crippen LogP contribution is 2.32. The second kappa shape index (κ2) is 8.59. The molecule has 1 aromatic carbocycles. The summed E-state index contributed by atoms with van der Waals surface area (Å²) in [5, 5.41) is 10.8. The van der Waals surface area contributed by atoms with Gasteiger partial charge in [-0.05, 0) is 37.1 Å². The average molecular weight is 398 g/mol. The van der Waals surface area contributed by atoms with Gasteiger partial charge in [0.15, 0.2) is 0 Å². The fourth-order valence-corrected chi connectivity index (χ4v) is 3.05. The summed E-state index contributed by atoms with van der Waals surface area (Å²) in [5.41, 5.74) is -0.324. The van der Waals surface area contributed by atoms with Crippen LogP contribution in [0.4, 0.5) is 18.0 Å². The van der Waals surface area contributed by atoms with Crippen LogP contribution in [0, 0.1) is 0 Å². The first-order chi connectivity index (χ1) is 13.4. The average Bonchev–Trinajstić information content (AvgIpc) is 3.18. The fraction of sp³-hybridized carbons (Fsp3) is 0.500. The zero-order valence-electron chi connectivity index (χ0n) is 15.3. The second-order valence-corrected chi connectivity index (χ2v) is 6.53. The fourth-order valence-electron chi connectivity index (χ4n) is 3.05. The molecule has 1 aromatic heterocycles. The predicted octanol–water partition coefficient (Wildman–Crippen LogP) is 3.29. The van der Waals surface area contributed by atoms with Crippen molar-refractivity contribution < 1.29 is 27.1 Å². The van der Waals surface area contributed by atoms with Crippen molar-refractivity contribution in [2.45, 2.75) is 24.9 Å². The Morgan fingerprint density at radius 3 is 2.75 bits per heavy atom. The van der Waals surface area contributed by atoms with Crippen molar-refractivity contribution in [3.05, 3.63) is 35.7 Å². The summed E-state index contributed by atoms with van der Waals surface area (Å²) in [6.07, 6.45) is -2.81. The first kappa shape index (κ1) is 20.1. The largest absolute Gasteiger partial charge is 0.420 e.